The van der Waals surface area contributed by atoms with Gasteiger partial charge >= 0.3 is 11.9 Å². The molecule has 0 spiro atoms. The molecular weight excluding hydrogens is 384 g/mol. The Bertz CT molecular complexity index is 895. The van der Waals surface area contributed by atoms with Gasteiger partial charge in [0.1, 0.15) is 0 Å². The molecule has 1 N–H and O–H groups in total. The summed E-state index contributed by atoms with van der Waals surface area (Å²) in [7, 11) is -2.10. The summed E-state index contributed by atoms with van der Waals surface area (Å²) in [6.07, 6.45) is 0.273. The highest BCUT2D eigenvalue weighted by Crippen LogP contribution is 2.19. The first-order chi connectivity index (χ1) is 12.6. The van der Waals surface area contributed by atoms with Crippen molar-refractivity contribution in [3.05, 3.63) is 39.4 Å². The summed E-state index contributed by atoms with van der Waals surface area (Å²) in [4.78, 5) is 45.5. The zero-order valence-electron chi connectivity index (χ0n) is 14.2. The van der Waals surface area contributed by atoms with Crippen molar-refractivity contribution < 1.29 is 37.2 Å². The first-order valence-corrected chi connectivity index (χ1v) is 9.48. The van der Waals surface area contributed by atoms with Crippen LogP contribution in [0.4, 0.5) is 5.69 Å². The van der Waals surface area contributed by atoms with Gasteiger partial charge in [0.15, 0.2) is 16.4 Å². The molecule has 0 unspecified atom stereocenters. The van der Waals surface area contributed by atoms with Gasteiger partial charge in [-0.2, -0.15) is 0 Å². The fourth-order valence-corrected chi connectivity index (χ4v) is 4.14. The maximum Gasteiger partial charge on any atom is 0.338 e. The van der Waals surface area contributed by atoms with E-state index >= 15 is 0 Å². The minimum atomic E-state index is -3.17. The Balaban J connectivity index is 2.02. The Morgan fingerprint density at radius 3 is 2.37 bits per heavy atom. The number of esters is 2. The van der Waals surface area contributed by atoms with Crippen LogP contribution in [-0.4, -0.2) is 62.5 Å². The lowest BCUT2D eigenvalue weighted by Crippen LogP contribution is -2.38. The van der Waals surface area contributed by atoms with Crippen molar-refractivity contribution in [2.45, 2.75) is 12.5 Å². The van der Waals surface area contributed by atoms with Crippen LogP contribution in [0.3, 0.4) is 0 Å². The molecule has 1 aromatic rings. The van der Waals surface area contributed by atoms with Crippen molar-refractivity contribution in [2.75, 3.05) is 25.2 Å². The molecule has 146 valence electrons. The summed E-state index contributed by atoms with van der Waals surface area (Å²) in [6.45, 7) is -0.703. The third-order valence-corrected chi connectivity index (χ3v) is 5.49. The molecule has 2 rings (SSSR count). The van der Waals surface area contributed by atoms with Gasteiger partial charge in [-0.3, -0.25) is 14.9 Å². The smallest absolute Gasteiger partial charge is 0.338 e. The molecule has 27 heavy (non-hydrogen) atoms. The summed E-state index contributed by atoms with van der Waals surface area (Å²) >= 11 is 0. The molecule has 1 amide bonds. The van der Waals surface area contributed by atoms with Gasteiger partial charge in [-0.15, -0.1) is 0 Å². The van der Waals surface area contributed by atoms with Crippen LogP contribution >= 0.6 is 0 Å². The van der Waals surface area contributed by atoms with Crippen LogP contribution in [-0.2, 0) is 24.1 Å². The van der Waals surface area contributed by atoms with Gasteiger partial charge in [-0.25, -0.2) is 18.0 Å². The van der Waals surface area contributed by atoms with E-state index in [0.717, 1.165) is 25.3 Å². The van der Waals surface area contributed by atoms with Crippen molar-refractivity contribution in [1.82, 2.24) is 5.32 Å². The first kappa shape index (κ1) is 20.3. The van der Waals surface area contributed by atoms with E-state index < -0.39 is 50.9 Å². The number of sulfone groups is 1. The van der Waals surface area contributed by atoms with Gasteiger partial charge in [-0.1, -0.05) is 0 Å². The van der Waals surface area contributed by atoms with Crippen LogP contribution in [0.2, 0.25) is 0 Å². The maximum absolute atomic E-state index is 12.1. The number of nitro groups is 1. The van der Waals surface area contributed by atoms with Crippen LogP contribution in [0.5, 0.6) is 0 Å². The van der Waals surface area contributed by atoms with E-state index in [0.29, 0.717) is 0 Å². The largest absolute Gasteiger partial charge is 0.465 e. The van der Waals surface area contributed by atoms with Crippen LogP contribution in [0.25, 0.3) is 0 Å². The van der Waals surface area contributed by atoms with E-state index in [1.807, 2.05) is 0 Å². The summed E-state index contributed by atoms with van der Waals surface area (Å²) in [5.41, 5.74) is -1.05. The zero-order valence-corrected chi connectivity index (χ0v) is 15.0. The molecule has 11 nitrogen and oxygen atoms in total. The second-order valence-corrected chi connectivity index (χ2v) is 7.99. The number of hydrogen-bond acceptors (Lipinski definition) is 9. The summed E-state index contributed by atoms with van der Waals surface area (Å²) in [5, 5.41) is 13.4. The monoisotopic (exact) mass is 400 g/mol. The highest BCUT2D eigenvalue weighted by atomic mass is 32.2. The SMILES string of the molecule is COC(=O)c1cc(C(=O)OCC(=O)N[C@H]2CCS(=O)(=O)C2)cc([N+](=O)[O-])c1. The molecule has 0 radical (unpaired) electrons. The maximum atomic E-state index is 12.1. The number of ether oxygens (including phenoxy) is 2. The van der Waals surface area contributed by atoms with Gasteiger partial charge in [0.05, 0.1) is 34.7 Å². The molecular formula is C15H16N2O9S. The number of methoxy groups -OCH3 is 1. The Hall–Kier alpha value is -3.02. The lowest BCUT2D eigenvalue weighted by molar-refractivity contribution is -0.384. The van der Waals surface area contributed by atoms with Crippen molar-refractivity contribution in [3.8, 4) is 0 Å². The van der Waals surface area contributed by atoms with Gasteiger partial charge in [0, 0.05) is 18.2 Å². The molecule has 1 atom stereocenters. The number of benzene rings is 1. The summed E-state index contributed by atoms with van der Waals surface area (Å²) in [5.74, 6) is -2.85. The van der Waals surface area contributed by atoms with Gasteiger partial charge < -0.3 is 14.8 Å². The highest BCUT2D eigenvalue weighted by Gasteiger charge is 2.29. The minimum absolute atomic E-state index is 0.0261. The van der Waals surface area contributed by atoms with Gasteiger partial charge in [0.2, 0.25) is 0 Å². The Kier molecular flexibility index (Phi) is 6.10. The lowest BCUT2D eigenvalue weighted by atomic mass is 10.1. The quantitative estimate of drug-likeness (QED) is 0.389. The van der Waals surface area contributed by atoms with Crippen molar-refractivity contribution >= 4 is 33.4 Å². The topological polar surface area (TPSA) is 159 Å². The van der Waals surface area contributed by atoms with Gasteiger partial charge in [-0.05, 0) is 12.5 Å². The first-order valence-electron chi connectivity index (χ1n) is 7.66. The third kappa shape index (κ3) is 5.48. The predicted molar refractivity (Wildman–Crippen MR) is 89.9 cm³/mol. The number of non-ortho nitro benzene ring substituents is 1. The predicted octanol–water partition coefficient (Wildman–Crippen LogP) is -0.158. The number of nitrogens with one attached hydrogen (secondary N) is 1. The van der Waals surface area contributed by atoms with Crippen LogP contribution in [0, 0.1) is 10.1 Å². The molecule has 1 aromatic carbocycles. The molecule has 1 fully saturated rings. The van der Waals surface area contributed by atoms with Crippen molar-refractivity contribution in [2.24, 2.45) is 0 Å². The number of amides is 1. The van der Waals surface area contributed by atoms with Crippen molar-refractivity contribution in [3.63, 3.8) is 0 Å². The number of carbonyl (C=O) groups is 3. The van der Waals surface area contributed by atoms with Crippen LogP contribution in [0.15, 0.2) is 18.2 Å². The van der Waals surface area contributed by atoms with E-state index in [9.17, 15) is 32.9 Å². The molecule has 0 bridgehead atoms. The second-order valence-electron chi connectivity index (χ2n) is 5.76. The standard InChI is InChI=1S/C15H16N2O9S/c1-25-14(19)9-4-10(6-12(5-9)17(21)22)15(20)26-7-13(18)16-11-2-3-27(23,24)8-11/h4-6,11H,2-3,7-8H2,1H3,(H,16,18)/t11-/m0/s1. The normalized spacial score (nSPS) is 17.7. The minimum Gasteiger partial charge on any atom is -0.465 e. The molecule has 0 aromatic heterocycles. The lowest BCUT2D eigenvalue weighted by Gasteiger charge is -2.11. The molecule has 1 saturated heterocycles. The number of carbonyl (C=O) groups excluding carboxylic acids is 3. The van der Waals surface area contributed by atoms with Crippen LogP contribution < -0.4 is 5.32 Å². The van der Waals surface area contributed by atoms with Crippen LogP contribution in [0.1, 0.15) is 27.1 Å². The Morgan fingerprint density at radius 2 is 1.85 bits per heavy atom. The van der Waals surface area contributed by atoms with E-state index in [-0.39, 0.29) is 29.1 Å². The Morgan fingerprint density at radius 1 is 1.22 bits per heavy atom. The summed E-state index contributed by atoms with van der Waals surface area (Å²) in [6, 6.07) is 2.33. The van der Waals surface area contributed by atoms with E-state index in [1.165, 1.54) is 0 Å². The molecule has 12 heteroatoms. The molecule has 0 saturated carbocycles. The Labute approximate surface area is 153 Å². The number of nitrogens with zero attached hydrogens (tertiary/aromatic N) is 1. The average molecular weight is 400 g/mol. The van der Waals surface area contributed by atoms with E-state index in [2.05, 4.69) is 10.1 Å². The summed E-state index contributed by atoms with van der Waals surface area (Å²) < 4.78 is 31.9. The number of hydrogen-bond donors (Lipinski definition) is 1. The fourth-order valence-electron chi connectivity index (χ4n) is 2.46. The van der Waals surface area contributed by atoms with Gasteiger partial charge in [0.25, 0.3) is 11.6 Å². The average Bonchev–Trinajstić information content (AvgIpc) is 2.96. The van der Waals surface area contributed by atoms with E-state index in [4.69, 9.17) is 4.74 Å². The zero-order chi connectivity index (χ0) is 20.2. The third-order valence-electron chi connectivity index (χ3n) is 3.72. The molecule has 1 aliphatic heterocycles. The van der Waals surface area contributed by atoms with E-state index in [1.54, 1.807) is 0 Å². The van der Waals surface area contributed by atoms with Crippen molar-refractivity contribution in [1.29, 1.82) is 0 Å². The second kappa shape index (κ2) is 8.12. The highest BCUT2D eigenvalue weighted by molar-refractivity contribution is 7.91. The number of rotatable bonds is 6. The molecule has 1 aliphatic rings. The molecule has 0 aliphatic carbocycles. The fraction of sp³-hybridized carbons (Fsp3) is 0.400. The number of nitro benzene ring substituents is 1. The molecule has 1 heterocycles.